The highest BCUT2D eigenvalue weighted by atomic mass is 14.9. The Balaban J connectivity index is 1.35. The number of aromatic amines is 1. The number of rotatable bonds is 4. The van der Waals surface area contributed by atoms with Crippen LogP contribution in [0.5, 0.6) is 0 Å². The van der Waals surface area contributed by atoms with E-state index in [0.717, 1.165) is 24.3 Å². The molecule has 2 aliphatic rings. The first-order chi connectivity index (χ1) is 11.3. The third-order valence-electron chi connectivity index (χ3n) is 6.26. The van der Waals surface area contributed by atoms with Crippen LogP contribution in [0.2, 0.25) is 0 Å². The van der Waals surface area contributed by atoms with Crippen molar-refractivity contribution in [3.63, 3.8) is 0 Å². The first-order valence-electron chi connectivity index (χ1n) is 9.60. The fourth-order valence-corrected chi connectivity index (χ4v) is 5.12. The van der Waals surface area contributed by atoms with Gasteiger partial charge in [-0.05, 0) is 56.1 Å². The van der Waals surface area contributed by atoms with Crippen LogP contribution in [0.15, 0.2) is 30.5 Å². The van der Waals surface area contributed by atoms with Gasteiger partial charge in [0, 0.05) is 29.2 Å². The second-order valence-corrected chi connectivity index (χ2v) is 7.95. The molecule has 2 nitrogen and oxygen atoms in total. The van der Waals surface area contributed by atoms with E-state index in [1.54, 1.807) is 0 Å². The van der Waals surface area contributed by atoms with Crippen LogP contribution < -0.4 is 5.32 Å². The summed E-state index contributed by atoms with van der Waals surface area (Å²) in [5, 5.41) is 5.33. The van der Waals surface area contributed by atoms with Crippen molar-refractivity contribution in [1.82, 2.24) is 10.3 Å². The minimum Gasteiger partial charge on any atom is -0.361 e. The van der Waals surface area contributed by atoms with E-state index in [2.05, 4.69) is 47.7 Å². The lowest BCUT2D eigenvalue weighted by molar-refractivity contribution is 0.139. The van der Waals surface area contributed by atoms with Crippen molar-refractivity contribution in [3.8, 4) is 0 Å². The zero-order valence-electron chi connectivity index (χ0n) is 14.4. The SMILES string of the molecule is CC(Cc1c[nH]c2ccccc12)NC1CCC2CCCCC2C1. The average molecular weight is 310 g/mol. The fourth-order valence-electron chi connectivity index (χ4n) is 5.12. The van der Waals surface area contributed by atoms with Gasteiger partial charge in [-0.2, -0.15) is 0 Å². The monoisotopic (exact) mass is 310 g/mol. The first-order valence-corrected chi connectivity index (χ1v) is 9.60. The van der Waals surface area contributed by atoms with E-state index < -0.39 is 0 Å². The Kier molecular flexibility index (Phi) is 4.43. The molecule has 0 aliphatic heterocycles. The molecule has 2 aliphatic carbocycles. The predicted octanol–water partition coefficient (Wildman–Crippen LogP) is 5.05. The van der Waals surface area contributed by atoms with Gasteiger partial charge in [0.25, 0.3) is 0 Å². The first kappa shape index (κ1) is 15.3. The summed E-state index contributed by atoms with van der Waals surface area (Å²) < 4.78 is 0. The number of aromatic nitrogens is 1. The average Bonchev–Trinajstić information content (AvgIpc) is 2.98. The Morgan fingerprint density at radius 2 is 1.91 bits per heavy atom. The van der Waals surface area contributed by atoms with Gasteiger partial charge in [0.05, 0.1) is 0 Å². The fraction of sp³-hybridized carbons (Fsp3) is 0.619. The maximum absolute atomic E-state index is 3.94. The van der Waals surface area contributed by atoms with Gasteiger partial charge in [0.1, 0.15) is 0 Å². The summed E-state index contributed by atoms with van der Waals surface area (Å²) in [7, 11) is 0. The molecule has 2 saturated carbocycles. The number of fused-ring (bicyclic) bond motifs is 2. The minimum absolute atomic E-state index is 0.555. The van der Waals surface area contributed by atoms with Crippen LogP contribution in [-0.4, -0.2) is 17.1 Å². The molecular weight excluding hydrogens is 280 g/mol. The van der Waals surface area contributed by atoms with E-state index in [9.17, 15) is 0 Å². The molecule has 1 aromatic carbocycles. The van der Waals surface area contributed by atoms with Gasteiger partial charge in [-0.1, -0.05) is 43.9 Å². The van der Waals surface area contributed by atoms with Crippen molar-refractivity contribution in [2.75, 3.05) is 0 Å². The van der Waals surface area contributed by atoms with Crippen LogP contribution in [0.3, 0.4) is 0 Å². The van der Waals surface area contributed by atoms with Crippen LogP contribution in [0.1, 0.15) is 57.4 Å². The molecule has 23 heavy (non-hydrogen) atoms. The lowest BCUT2D eigenvalue weighted by Crippen LogP contribution is -2.43. The second kappa shape index (κ2) is 6.68. The molecular formula is C21H30N2. The van der Waals surface area contributed by atoms with Crippen molar-refractivity contribution >= 4 is 10.9 Å². The van der Waals surface area contributed by atoms with Gasteiger partial charge < -0.3 is 10.3 Å². The van der Waals surface area contributed by atoms with Gasteiger partial charge in [-0.25, -0.2) is 0 Å². The zero-order chi connectivity index (χ0) is 15.6. The highest BCUT2D eigenvalue weighted by molar-refractivity contribution is 5.83. The summed E-state index contributed by atoms with van der Waals surface area (Å²) >= 11 is 0. The quantitative estimate of drug-likeness (QED) is 0.813. The van der Waals surface area contributed by atoms with Crippen molar-refractivity contribution in [3.05, 3.63) is 36.0 Å². The molecule has 0 bridgehead atoms. The third-order valence-corrected chi connectivity index (χ3v) is 6.26. The van der Waals surface area contributed by atoms with E-state index in [4.69, 9.17) is 0 Å². The Hall–Kier alpha value is -1.28. The zero-order valence-corrected chi connectivity index (χ0v) is 14.4. The molecule has 0 saturated heterocycles. The molecule has 4 atom stereocenters. The summed E-state index contributed by atoms with van der Waals surface area (Å²) in [4.78, 5) is 3.41. The maximum Gasteiger partial charge on any atom is 0.0456 e. The molecule has 124 valence electrons. The highest BCUT2D eigenvalue weighted by Gasteiger charge is 2.32. The van der Waals surface area contributed by atoms with Crippen molar-refractivity contribution < 1.29 is 0 Å². The van der Waals surface area contributed by atoms with E-state index >= 15 is 0 Å². The van der Waals surface area contributed by atoms with E-state index in [1.165, 1.54) is 61.4 Å². The summed E-state index contributed by atoms with van der Waals surface area (Å²) in [6.07, 6.45) is 13.5. The lowest BCUT2D eigenvalue weighted by atomic mass is 9.69. The molecule has 1 aromatic heterocycles. The number of para-hydroxylation sites is 1. The van der Waals surface area contributed by atoms with Crippen LogP contribution >= 0.6 is 0 Å². The minimum atomic E-state index is 0.555. The van der Waals surface area contributed by atoms with E-state index in [-0.39, 0.29) is 0 Å². The van der Waals surface area contributed by atoms with Gasteiger partial charge in [0.15, 0.2) is 0 Å². The van der Waals surface area contributed by atoms with E-state index in [0.29, 0.717) is 6.04 Å². The maximum atomic E-state index is 3.94. The Labute approximate surface area is 140 Å². The van der Waals surface area contributed by atoms with Gasteiger partial charge in [-0.3, -0.25) is 0 Å². The van der Waals surface area contributed by atoms with Gasteiger partial charge in [-0.15, -0.1) is 0 Å². The molecule has 2 heteroatoms. The summed E-state index contributed by atoms with van der Waals surface area (Å²) in [6, 6.07) is 9.95. The van der Waals surface area contributed by atoms with Crippen molar-refractivity contribution in [2.24, 2.45) is 11.8 Å². The highest BCUT2D eigenvalue weighted by Crippen LogP contribution is 2.40. The molecule has 0 amide bonds. The van der Waals surface area contributed by atoms with Gasteiger partial charge in [0.2, 0.25) is 0 Å². The number of H-pyrrole nitrogens is 1. The third kappa shape index (κ3) is 3.33. The number of hydrogen-bond donors (Lipinski definition) is 2. The Morgan fingerprint density at radius 1 is 1.09 bits per heavy atom. The van der Waals surface area contributed by atoms with Crippen LogP contribution in [0.25, 0.3) is 10.9 Å². The number of nitrogens with one attached hydrogen (secondary N) is 2. The molecule has 0 radical (unpaired) electrons. The second-order valence-electron chi connectivity index (χ2n) is 7.95. The summed E-state index contributed by atoms with van der Waals surface area (Å²) in [5.74, 6) is 2.06. The summed E-state index contributed by atoms with van der Waals surface area (Å²) in [6.45, 7) is 2.36. The number of benzene rings is 1. The molecule has 4 rings (SSSR count). The molecule has 1 heterocycles. The summed E-state index contributed by atoms with van der Waals surface area (Å²) in [5.41, 5.74) is 2.71. The number of hydrogen-bond acceptors (Lipinski definition) is 1. The van der Waals surface area contributed by atoms with Crippen LogP contribution in [0.4, 0.5) is 0 Å². The molecule has 0 spiro atoms. The van der Waals surface area contributed by atoms with Crippen LogP contribution in [0, 0.1) is 11.8 Å². The Morgan fingerprint density at radius 3 is 2.83 bits per heavy atom. The smallest absolute Gasteiger partial charge is 0.0456 e. The standard InChI is InChI=1S/C21H30N2/c1-15(12-18-14-22-21-9-5-4-8-20(18)21)23-19-11-10-16-6-2-3-7-17(16)13-19/h4-5,8-9,14-17,19,22-23H,2-3,6-7,10-13H2,1H3. The Bertz CT molecular complexity index is 644. The predicted molar refractivity (Wildman–Crippen MR) is 97.7 cm³/mol. The molecule has 2 fully saturated rings. The largest absolute Gasteiger partial charge is 0.361 e. The molecule has 4 unspecified atom stereocenters. The molecule has 2 aromatic rings. The van der Waals surface area contributed by atoms with Crippen molar-refractivity contribution in [1.29, 1.82) is 0 Å². The van der Waals surface area contributed by atoms with Crippen molar-refractivity contribution in [2.45, 2.75) is 70.4 Å². The lowest BCUT2D eigenvalue weighted by Gasteiger charge is -2.40. The van der Waals surface area contributed by atoms with Crippen LogP contribution in [-0.2, 0) is 6.42 Å². The topological polar surface area (TPSA) is 27.8 Å². The normalized spacial score (nSPS) is 29.3. The van der Waals surface area contributed by atoms with E-state index in [1.807, 2.05) is 0 Å². The molecule has 2 N–H and O–H groups in total. The van der Waals surface area contributed by atoms with Gasteiger partial charge >= 0.3 is 0 Å².